The Labute approximate surface area is 140 Å². The summed E-state index contributed by atoms with van der Waals surface area (Å²) in [6, 6.07) is 6.81. The van der Waals surface area contributed by atoms with Crippen molar-refractivity contribution in [3.63, 3.8) is 0 Å². The summed E-state index contributed by atoms with van der Waals surface area (Å²) in [5.41, 5.74) is 3.54. The van der Waals surface area contributed by atoms with E-state index in [9.17, 15) is 4.79 Å². The van der Waals surface area contributed by atoms with Crippen LogP contribution in [-0.4, -0.2) is 41.0 Å². The molecule has 1 N–H and O–H groups in total. The standard InChI is InChI=1S/C18H23N3OS/c22-18(13-6-7-16-17(10-13)23-12-19-16)20-14-8-9-21(11-14)15-4-2-1-3-5-15/h6-7,10,12,14-15H,1-5,8-9,11H2,(H,20,22)/t14-/m0/s1. The zero-order valence-corrected chi connectivity index (χ0v) is 14.1. The number of carbonyl (C=O) groups is 1. The Hall–Kier alpha value is -1.46. The predicted octanol–water partition coefficient (Wildman–Crippen LogP) is 3.43. The van der Waals surface area contributed by atoms with Crippen molar-refractivity contribution in [2.45, 2.75) is 50.6 Å². The van der Waals surface area contributed by atoms with Crippen LogP contribution in [0.15, 0.2) is 23.7 Å². The number of fused-ring (bicyclic) bond motifs is 1. The molecule has 1 aromatic heterocycles. The maximum atomic E-state index is 12.5. The van der Waals surface area contributed by atoms with Crippen LogP contribution in [-0.2, 0) is 0 Å². The number of hydrogen-bond acceptors (Lipinski definition) is 4. The van der Waals surface area contributed by atoms with Gasteiger partial charge in [0, 0.05) is 30.7 Å². The van der Waals surface area contributed by atoms with E-state index < -0.39 is 0 Å². The smallest absolute Gasteiger partial charge is 0.251 e. The number of aromatic nitrogens is 1. The van der Waals surface area contributed by atoms with Crippen LogP contribution < -0.4 is 5.32 Å². The average Bonchev–Trinajstić information content (AvgIpc) is 3.24. The molecule has 0 unspecified atom stereocenters. The van der Waals surface area contributed by atoms with E-state index in [0.717, 1.165) is 41.3 Å². The molecule has 2 fully saturated rings. The van der Waals surface area contributed by atoms with Crippen LogP contribution >= 0.6 is 11.3 Å². The molecule has 4 nitrogen and oxygen atoms in total. The molecule has 4 rings (SSSR count). The molecule has 1 atom stereocenters. The molecule has 122 valence electrons. The third kappa shape index (κ3) is 3.26. The molecule has 0 spiro atoms. The zero-order valence-electron chi connectivity index (χ0n) is 13.3. The minimum atomic E-state index is 0.0517. The number of rotatable bonds is 3. The van der Waals surface area contributed by atoms with Crippen molar-refractivity contribution in [3.05, 3.63) is 29.3 Å². The molecule has 0 bridgehead atoms. The van der Waals surface area contributed by atoms with E-state index in [1.54, 1.807) is 11.3 Å². The van der Waals surface area contributed by atoms with Gasteiger partial charge in [-0.1, -0.05) is 19.3 Å². The molecule has 1 saturated carbocycles. The number of nitrogens with zero attached hydrogens (tertiary/aromatic N) is 2. The Morgan fingerprint density at radius 1 is 1.22 bits per heavy atom. The first-order valence-electron chi connectivity index (χ1n) is 8.68. The summed E-state index contributed by atoms with van der Waals surface area (Å²) >= 11 is 1.58. The van der Waals surface area contributed by atoms with Gasteiger partial charge in [0.15, 0.2) is 0 Å². The first kappa shape index (κ1) is 15.1. The number of likely N-dealkylation sites (tertiary alicyclic amines) is 1. The van der Waals surface area contributed by atoms with Gasteiger partial charge in [-0.05, 0) is 37.5 Å². The number of nitrogens with one attached hydrogen (secondary N) is 1. The molecule has 0 radical (unpaired) electrons. The lowest BCUT2D eigenvalue weighted by Gasteiger charge is -2.31. The van der Waals surface area contributed by atoms with Crippen molar-refractivity contribution >= 4 is 27.5 Å². The highest BCUT2D eigenvalue weighted by Gasteiger charge is 2.29. The fourth-order valence-corrected chi connectivity index (χ4v) is 4.66. The molecule has 1 aliphatic carbocycles. The van der Waals surface area contributed by atoms with Gasteiger partial charge in [0.25, 0.3) is 5.91 Å². The first-order chi connectivity index (χ1) is 11.3. The molecule has 2 aromatic rings. The lowest BCUT2D eigenvalue weighted by atomic mass is 9.94. The molecule has 1 amide bonds. The molecule has 2 heterocycles. The average molecular weight is 329 g/mol. The van der Waals surface area contributed by atoms with Crippen LogP contribution in [0, 0.1) is 0 Å². The van der Waals surface area contributed by atoms with Crippen molar-refractivity contribution in [2.75, 3.05) is 13.1 Å². The normalized spacial score (nSPS) is 23.4. The van der Waals surface area contributed by atoms with Crippen molar-refractivity contribution in [1.29, 1.82) is 0 Å². The Kier molecular flexibility index (Phi) is 4.31. The summed E-state index contributed by atoms with van der Waals surface area (Å²) in [6.45, 7) is 2.14. The summed E-state index contributed by atoms with van der Waals surface area (Å²) in [5.74, 6) is 0.0517. The number of carbonyl (C=O) groups excluding carboxylic acids is 1. The second-order valence-electron chi connectivity index (χ2n) is 6.78. The van der Waals surface area contributed by atoms with Gasteiger partial charge in [-0.3, -0.25) is 9.69 Å². The van der Waals surface area contributed by atoms with Crippen molar-refractivity contribution in [2.24, 2.45) is 0 Å². The third-order valence-corrected chi connectivity index (χ3v) is 6.03. The van der Waals surface area contributed by atoms with Crippen molar-refractivity contribution < 1.29 is 4.79 Å². The van der Waals surface area contributed by atoms with Gasteiger partial charge < -0.3 is 5.32 Å². The summed E-state index contributed by atoms with van der Waals surface area (Å²) in [7, 11) is 0. The quantitative estimate of drug-likeness (QED) is 0.938. The highest BCUT2D eigenvalue weighted by molar-refractivity contribution is 7.16. The van der Waals surface area contributed by atoms with E-state index in [1.165, 1.54) is 32.1 Å². The van der Waals surface area contributed by atoms with Gasteiger partial charge in [-0.2, -0.15) is 0 Å². The highest BCUT2D eigenvalue weighted by Crippen LogP contribution is 2.26. The summed E-state index contributed by atoms with van der Waals surface area (Å²) in [5, 5.41) is 3.22. The lowest BCUT2D eigenvalue weighted by molar-refractivity contribution is 0.0935. The molecule has 5 heteroatoms. The second-order valence-corrected chi connectivity index (χ2v) is 7.67. The third-order valence-electron chi connectivity index (χ3n) is 5.24. The summed E-state index contributed by atoms with van der Waals surface area (Å²) in [6.07, 6.45) is 7.88. The Morgan fingerprint density at radius 2 is 2.09 bits per heavy atom. The Morgan fingerprint density at radius 3 is 2.96 bits per heavy atom. The topological polar surface area (TPSA) is 45.2 Å². The van der Waals surface area contributed by atoms with E-state index in [4.69, 9.17) is 0 Å². The summed E-state index contributed by atoms with van der Waals surface area (Å²) < 4.78 is 1.08. The van der Waals surface area contributed by atoms with Crippen LogP contribution in [0.3, 0.4) is 0 Å². The fourth-order valence-electron chi connectivity index (χ4n) is 3.95. The fraction of sp³-hybridized carbons (Fsp3) is 0.556. The van der Waals surface area contributed by atoms with Gasteiger partial charge >= 0.3 is 0 Å². The predicted molar refractivity (Wildman–Crippen MR) is 93.9 cm³/mol. The molecule has 1 aromatic carbocycles. The van der Waals surface area contributed by atoms with E-state index in [0.29, 0.717) is 6.04 Å². The molecular formula is C18H23N3OS. The maximum absolute atomic E-state index is 12.5. The minimum Gasteiger partial charge on any atom is -0.348 e. The van der Waals surface area contributed by atoms with Crippen LogP contribution in [0.2, 0.25) is 0 Å². The Bertz CT molecular complexity index is 692. The van der Waals surface area contributed by atoms with E-state index in [2.05, 4.69) is 15.2 Å². The van der Waals surface area contributed by atoms with Gasteiger partial charge in [-0.15, -0.1) is 11.3 Å². The van der Waals surface area contributed by atoms with Gasteiger partial charge in [0.1, 0.15) is 0 Å². The largest absolute Gasteiger partial charge is 0.348 e. The van der Waals surface area contributed by atoms with Crippen molar-refractivity contribution in [1.82, 2.24) is 15.2 Å². The zero-order chi connectivity index (χ0) is 15.6. The second kappa shape index (κ2) is 6.57. The van der Waals surface area contributed by atoms with E-state index in [-0.39, 0.29) is 5.91 Å². The van der Waals surface area contributed by atoms with Crippen LogP contribution in [0.4, 0.5) is 0 Å². The molecule has 1 aliphatic heterocycles. The first-order valence-corrected chi connectivity index (χ1v) is 9.56. The SMILES string of the molecule is O=C(N[C@H]1CCN(C2CCCCC2)C1)c1ccc2ncsc2c1. The number of thiazole rings is 1. The summed E-state index contributed by atoms with van der Waals surface area (Å²) in [4.78, 5) is 19.4. The highest BCUT2D eigenvalue weighted by atomic mass is 32.1. The van der Waals surface area contributed by atoms with Crippen LogP contribution in [0.25, 0.3) is 10.2 Å². The Balaban J connectivity index is 1.37. The molecule has 1 saturated heterocycles. The monoisotopic (exact) mass is 329 g/mol. The molecular weight excluding hydrogens is 306 g/mol. The number of hydrogen-bond donors (Lipinski definition) is 1. The number of amides is 1. The minimum absolute atomic E-state index is 0.0517. The number of benzene rings is 1. The van der Waals surface area contributed by atoms with Crippen molar-refractivity contribution in [3.8, 4) is 0 Å². The van der Waals surface area contributed by atoms with E-state index >= 15 is 0 Å². The van der Waals surface area contributed by atoms with Crippen LogP contribution in [0.5, 0.6) is 0 Å². The van der Waals surface area contributed by atoms with Gasteiger partial charge in [0.05, 0.1) is 15.7 Å². The van der Waals surface area contributed by atoms with Gasteiger partial charge in [0.2, 0.25) is 0 Å². The van der Waals surface area contributed by atoms with Crippen LogP contribution in [0.1, 0.15) is 48.9 Å². The molecule has 2 aliphatic rings. The maximum Gasteiger partial charge on any atom is 0.251 e. The van der Waals surface area contributed by atoms with E-state index in [1.807, 2.05) is 23.7 Å². The van der Waals surface area contributed by atoms with Gasteiger partial charge in [-0.25, -0.2) is 4.98 Å². The molecule has 23 heavy (non-hydrogen) atoms. The lowest BCUT2D eigenvalue weighted by Crippen LogP contribution is -2.40.